The molecule has 1 heterocycles. The van der Waals surface area contributed by atoms with Crippen LogP contribution in [-0.4, -0.2) is 22.6 Å². The number of amides is 3. The van der Waals surface area contributed by atoms with Gasteiger partial charge in [0.05, 0.1) is 6.54 Å². The predicted octanol–water partition coefficient (Wildman–Crippen LogP) is 3.74. The summed E-state index contributed by atoms with van der Waals surface area (Å²) in [6.07, 6.45) is 0.564. The van der Waals surface area contributed by atoms with Crippen LogP contribution >= 0.6 is 0 Å². The third-order valence-corrected chi connectivity index (χ3v) is 4.75. The van der Waals surface area contributed by atoms with Gasteiger partial charge < -0.3 is 5.32 Å². The summed E-state index contributed by atoms with van der Waals surface area (Å²) >= 11 is 0. The Morgan fingerprint density at radius 3 is 2.26 bits per heavy atom. The summed E-state index contributed by atoms with van der Waals surface area (Å²) in [6, 6.07) is 20.6. The third-order valence-electron chi connectivity index (χ3n) is 4.75. The van der Waals surface area contributed by atoms with Gasteiger partial charge in [0.15, 0.2) is 0 Å². The molecule has 3 aromatic carbocycles. The molecular formula is C22H18N2O3. The highest BCUT2D eigenvalue weighted by molar-refractivity contribution is 6.09. The molecule has 0 aliphatic carbocycles. The van der Waals surface area contributed by atoms with Crippen molar-refractivity contribution in [2.75, 3.05) is 5.32 Å². The second-order valence-electron chi connectivity index (χ2n) is 6.55. The van der Waals surface area contributed by atoms with E-state index in [0.29, 0.717) is 5.56 Å². The molecule has 4 rings (SSSR count). The van der Waals surface area contributed by atoms with E-state index in [1.807, 2.05) is 42.5 Å². The number of hydrogen-bond donors (Lipinski definition) is 1. The Balaban J connectivity index is 1.49. The molecule has 0 unspecified atom stereocenters. The highest BCUT2D eigenvalue weighted by atomic mass is 16.2. The lowest BCUT2D eigenvalue weighted by atomic mass is 10.1. The van der Waals surface area contributed by atoms with Crippen LogP contribution in [0.5, 0.6) is 0 Å². The summed E-state index contributed by atoms with van der Waals surface area (Å²) in [5.74, 6) is -0.484. The number of benzene rings is 3. The molecular weight excluding hydrogens is 340 g/mol. The van der Waals surface area contributed by atoms with E-state index < -0.39 is 0 Å². The molecule has 0 atom stereocenters. The van der Waals surface area contributed by atoms with E-state index in [1.165, 1.54) is 4.90 Å². The van der Waals surface area contributed by atoms with Crippen LogP contribution in [0.3, 0.4) is 0 Å². The Kier molecular flexibility index (Phi) is 4.42. The van der Waals surface area contributed by atoms with Crippen LogP contribution < -0.4 is 5.32 Å². The lowest BCUT2D eigenvalue weighted by Crippen LogP contribution is -2.28. The van der Waals surface area contributed by atoms with Gasteiger partial charge in [0.1, 0.15) is 0 Å². The Bertz CT molecular complexity index is 1020. The molecule has 3 aromatic rings. The number of anilines is 1. The smallest absolute Gasteiger partial charge is 0.255 e. The SMILES string of the molecule is O=C(Nc1cccc2ccccc12)c1ccc(CN2C(=O)CCC2=O)cc1. The van der Waals surface area contributed by atoms with Gasteiger partial charge in [-0.05, 0) is 29.1 Å². The van der Waals surface area contributed by atoms with E-state index in [1.54, 1.807) is 24.3 Å². The molecule has 3 amide bonds. The number of likely N-dealkylation sites (tertiary alicyclic amines) is 1. The van der Waals surface area contributed by atoms with Gasteiger partial charge in [0, 0.05) is 29.5 Å². The third kappa shape index (κ3) is 3.44. The minimum Gasteiger partial charge on any atom is -0.321 e. The first-order valence-corrected chi connectivity index (χ1v) is 8.83. The highest BCUT2D eigenvalue weighted by Gasteiger charge is 2.28. The van der Waals surface area contributed by atoms with Crippen LogP contribution in [0.2, 0.25) is 0 Å². The normalized spacial score (nSPS) is 14.0. The van der Waals surface area contributed by atoms with E-state index in [9.17, 15) is 14.4 Å². The van der Waals surface area contributed by atoms with Crippen LogP contribution in [0.4, 0.5) is 5.69 Å². The molecule has 1 N–H and O–H groups in total. The molecule has 5 heteroatoms. The number of carbonyl (C=O) groups is 3. The fraction of sp³-hybridized carbons (Fsp3) is 0.136. The molecule has 0 bridgehead atoms. The van der Waals surface area contributed by atoms with Gasteiger partial charge in [0.2, 0.25) is 11.8 Å². The second kappa shape index (κ2) is 7.03. The Hall–Kier alpha value is -3.47. The Morgan fingerprint density at radius 2 is 1.52 bits per heavy atom. The van der Waals surface area contributed by atoms with Crippen molar-refractivity contribution in [2.24, 2.45) is 0 Å². The van der Waals surface area contributed by atoms with Crippen LogP contribution in [0.15, 0.2) is 66.7 Å². The molecule has 0 spiro atoms. The first kappa shape index (κ1) is 17.0. The minimum atomic E-state index is -0.203. The highest BCUT2D eigenvalue weighted by Crippen LogP contribution is 2.23. The van der Waals surface area contributed by atoms with Crippen molar-refractivity contribution in [2.45, 2.75) is 19.4 Å². The van der Waals surface area contributed by atoms with Crippen LogP contribution in [0.25, 0.3) is 10.8 Å². The van der Waals surface area contributed by atoms with Gasteiger partial charge in [-0.1, -0.05) is 48.5 Å². The van der Waals surface area contributed by atoms with Crippen molar-refractivity contribution in [3.63, 3.8) is 0 Å². The molecule has 1 aliphatic heterocycles. The Labute approximate surface area is 156 Å². The maximum atomic E-state index is 12.6. The van der Waals surface area contributed by atoms with Crippen LogP contribution in [0, 0.1) is 0 Å². The molecule has 1 fully saturated rings. The largest absolute Gasteiger partial charge is 0.321 e. The number of rotatable bonds is 4. The molecule has 134 valence electrons. The van der Waals surface area contributed by atoms with Crippen molar-refractivity contribution in [3.05, 3.63) is 77.9 Å². The number of nitrogens with zero attached hydrogens (tertiary/aromatic N) is 1. The maximum absolute atomic E-state index is 12.6. The first-order valence-electron chi connectivity index (χ1n) is 8.83. The van der Waals surface area contributed by atoms with Crippen molar-refractivity contribution >= 4 is 34.2 Å². The summed E-state index contributed by atoms with van der Waals surface area (Å²) in [5, 5.41) is 4.99. The average molecular weight is 358 g/mol. The zero-order chi connectivity index (χ0) is 18.8. The molecule has 1 aliphatic rings. The van der Waals surface area contributed by atoms with Gasteiger partial charge in [-0.15, -0.1) is 0 Å². The number of carbonyl (C=O) groups excluding carboxylic acids is 3. The molecule has 0 saturated carbocycles. The van der Waals surface area contributed by atoms with E-state index in [2.05, 4.69) is 5.32 Å². The van der Waals surface area contributed by atoms with Crippen LogP contribution in [-0.2, 0) is 16.1 Å². The summed E-state index contributed by atoms with van der Waals surface area (Å²) in [5.41, 5.74) is 2.10. The number of fused-ring (bicyclic) bond motifs is 1. The predicted molar refractivity (Wildman–Crippen MR) is 103 cm³/mol. The van der Waals surface area contributed by atoms with Gasteiger partial charge in [-0.2, -0.15) is 0 Å². The Morgan fingerprint density at radius 1 is 0.852 bits per heavy atom. The first-order chi connectivity index (χ1) is 13.1. The van der Waals surface area contributed by atoms with Gasteiger partial charge in [-0.3, -0.25) is 19.3 Å². The van der Waals surface area contributed by atoms with Crippen LogP contribution in [0.1, 0.15) is 28.8 Å². The lowest BCUT2D eigenvalue weighted by Gasteiger charge is -2.14. The summed E-state index contributed by atoms with van der Waals surface area (Å²) < 4.78 is 0. The van der Waals surface area contributed by atoms with E-state index in [4.69, 9.17) is 0 Å². The fourth-order valence-electron chi connectivity index (χ4n) is 3.27. The summed E-state index contributed by atoms with van der Waals surface area (Å²) in [7, 11) is 0. The van der Waals surface area contributed by atoms with Crippen molar-refractivity contribution in [1.82, 2.24) is 4.90 Å². The topological polar surface area (TPSA) is 66.5 Å². The second-order valence-corrected chi connectivity index (χ2v) is 6.55. The average Bonchev–Trinajstić information content (AvgIpc) is 3.01. The zero-order valence-electron chi connectivity index (χ0n) is 14.6. The molecule has 0 aromatic heterocycles. The van der Waals surface area contributed by atoms with E-state index in [-0.39, 0.29) is 37.1 Å². The quantitative estimate of drug-likeness (QED) is 0.723. The standard InChI is InChI=1S/C22H18N2O3/c25-20-12-13-21(26)24(20)14-15-8-10-17(11-9-15)22(27)23-19-7-3-5-16-4-1-2-6-18(16)19/h1-11H,12-14H2,(H,23,27). The van der Waals surface area contributed by atoms with E-state index >= 15 is 0 Å². The zero-order valence-corrected chi connectivity index (χ0v) is 14.6. The fourth-order valence-corrected chi connectivity index (χ4v) is 3.27. The van der Waals surface area contributed by atoms with Crippen molar-refractivity contribution in [3.8, 4) is 0 Å². The molecule has 27 heavy (non-hydrogen) atoms. The number of imide groups is 1. The minimum absolute atomic E-state index is 0.141. The number of hydrogen-bond acceptors (Lipinski definition) is 3. The van der Waals surface area contributed by atoms with Crippen molar-refractivity contribution < 1.29 is 14.4 Å². The van der Waals surface area contributed by atoms with Crippen molar-refractivity contribution in [1.29, 1.82) is 0 Å². The molecule has 1 saturated heterocycles. The van der Waals surface area contributed by atoms with Gasteiger partial charge >= 0.3 is 0 Å². The molecule has 0 radical (unpaired) electrons. The summed E-state index contributed by atoms with van der Waals surface area (Å²) in [4.78, 5) is 37.3. The summed E-state index contributed by atoms with van der Waals surface area (Å²) in [6.45, 7) is 0.253. The van der Waals surface area contributed by atoms with Gasteiger partial charge in [0.25, 0.3) is 5.91 Å². The van der Waals surface area contributed by atoms with Gasteiger partial charge in [-0.25, -0.2) is 0 Å². The lowest BCUT2D eigenvalue weighted by molar-refractivity contribution is -0.139. The maximum Gasteiger partial charge on any atom is 0.255 e. The monoisotopic (exact) mass is 358 g/mol. The number of nitrogens with one attached hydrogen (secondary N) is 1. The molecule has 5 nitrogen and oxygen atoms in total. The van der Waals surface area contributed by atoms with E-state index in [0.717, 1.165) is 22.0 Å².